The molecule has 9 atom stereocenters. The fourth-order valence-corrected chi connectivity index (χ4v) is 4.08. The van der Waals surface area contributed by atoms with E-state index in [0.29, 0.717) is 39.5 Å². The van der Waals surface area contributed by atoms with E-state index in [0.717, 1.165) is 0 Å². The Morgan fingerprint density at radius 2 is 1.70 bits per heavy atom. The summed E-state index contributed by atoms with van der Waals surface area (Å²) in [7, 11) is 0. The second kappa shape index (κ2) is 19.4. The second-order valence-electron chi connectivity index (χ2n) is 9.01. The number of nitrogens with zero attached hydrogens (tertiary/aromatic N) is 4. The molecular weight excluding hydrogens is 540 g/mol. The average Bonchev–Trinajstić information content (AvgIpc) is 3.32. The first kappa shape index (κ1) is 34.5. The Labute approximate surface area is 231 Å². The summed E-state index contributed by atoms with van der Waals surface area (Å²) >= 11 is 0. The van der Waals surface area contributed by atoms with E-state index in [1.54, 1.807) is 6.92 Å². The average molecular weight is 583 g/mol. The molecule has 0 amide bonds. The van der Waals surface area contributed by atoms with Crippen LogP contribution in [0.15, 0.2) is 10.1 Å². The Hall–Kier alpha value is -1.70. The second-order valence-corrected chi connectivity index (χ2v) is 9.01. The lowest BCUT2D eigenvalue weighted by Gasteiger charge is -2.41. The van der Waals surface area contributed by atoms with Gasteiger partial charge in [-0.1, -0.05) is 5.11 Å². The van der Waals surface area contributed by atoms with Gasteiger partial charge >= 0.3 is 0 Å². The molecule has 3 unspecified atom stereocenters. The van der Waals surface area contributed by atoms with Gasteiger partial charge in [0.1, 0.15) is 36.6 Å². The Morgan fingerprint density at radius 3 is 2.35 bits per heavy atom. The third kappa shape index (κ3) is 11.3. The van der Waals surface area contributed by atoms with Crippen molar-refractivity contribution in [2.24, 2.45) is 10.1 Å². The van der Waals surface area contributed by atoms with Crippen LogP contribution in [0.1, 0.15) is 19.8 Å². The van der Waals surface area contributed by atoms with Crippen molar-refractivity contribution in [3.63, 3.8) is 0 Å². The SMILES string of the molecule is CC1=NC2[C@@H](O1)OC(CO)[C@@H](O[C@H](O)C(O)[C@@H](OCCOCCCOCCOCCN=[N+]=[N-])[C@H](O)CCO)[C@@H]2O. The van der Waals surface area contributed by atoms with Crippen molar-refractivity contribution in [2.45, 2.75) is 75.0 Å². The lowest BCUT2D eigenvalue weighted by Crippen LogP contribution is -2.60. The van der Waals surface area contributed by atoms with Crippen LogP contribution in [0.25, 0.3) is 10.4 Å². The van der Waals surface area contributed by atoms with Crippen molar-refractivity contribution in [1.82, 2.24) is 0 Å². The fraction of sp³-hybridized carbons (Fsp3) is 0.957. The number of aliphatic hydroxyl groups is 6. The maximum atomic E-state index is 10.7. The van der Waals surface area contributed by atoms with Crippen molar-refractivity contribution >= 4 is 5.90 Å². The van der Waals surface area contributed by atoms with E-state index in [1.807, 2.05) is 0 Å². The molecule has 2 heterocycles. The number of azide groups is 1. The maximum Gasteiger partial charge on any atom is 0.227 e. The number of hydrogen-bond donors (Lipinski definition) is 6. The minimum Gasteiger partial charge on any atom is -0.450 e. The molecule has 0 spiro atoms. The molecule has 1 saturated heterocycles. The molecule has 0 saturated carbocycles. The van der Waals surface area contributed by atoms with E-state index < -0.39 is 68.5 Å². The molecule has 2 aliphatic rings. The quantitative estimate of drug-likeness (QED) is 0.0262. The van der Waals surface area contributed by atoms with Gasteiger partial charge in [-0.3, -0.25) is 0 Å². The first-order valence-corrected chi connectivity index (χ1v) is 13.2. The molecule has 40 heavy (non-hydrogen) atoms. The Bertz CT molecular complexity index is 775. The van der Waals surface area contributed by atoms with Gasteiger partial charge in [-0.15, -0.1) is 0 Å². The number of rotatable bonds is 22. The van der Waals surface area contributed by atoms with Crippen molar-refractivity contribution in [3.05, 3.63) is 10.4 Å². The highest BCUT2D eigenvalue weighted by molar-refractivity contribution is 5.75. The third-order valence-electron chi connectivity index (χ3n) is 6.05. The van der Waals surface area contributed by atoms with E-state index in [4.69, 9.17) is 38.7 Å². The maximum absolute atomic E-state index is 10.7. The molecule has 0 aromatic heterocycles. The number of aliphatic imine (C=N–C) groups is 1. The summed E-state index contributed by atoms with van der Waals surface area (Å²) in [5.74, 6) is 0.285. The van der Waals surface area contributed by atoms with E-state index >= 15 is 0 Å². The van der Waals surface area contributed by atoms with Gasteiger partial charge in [-0.05, 0) is 18.4 Å². The normalized spacial score (nSPS) is 27.2. The molecule has 2 aliphatic heterocycles. The molecule has 0 aliphatic carbocycles. The summed E-state index contributed by atoms with van der Waals surface area (Å²) in [5, 5.41) is 64.7. The third-order valence-corrected chi connectivity index (χ3v) is 6.05. The van der Waals surface area contributed by atoms with Gasteiger partial charge in [-0.25, -0.2) is 4.99 Å². The Kier molecular flexibility index (Phi) is 16.8. The molecule has 17 nitrogen and oxygen atoms in total. The van der Waals surface area contributed by atoms with Gasteiger partial charge in [0, 0.05) is 38.2 Å². The molecule has 1 fully saturated rings. The van der Waals surface area contributed by atoms with Crippen LogP contribution >= 0.6 is 0 Å². The van der Waals surface area contributed by atoms with Gasteiger partial charge < -0.3 is 63.8 Å². The standard InChI is InChI=1S/C23H42N4O13/c1-14-26-17-18(31)21(16(13-29)39-23(17)38-14)40-22(33)19(32)20(15(30)3-5-28)37-12-11-35-7-2-6-34-9-10-36-8-4-25-27-24/h15-23,28-33H,2-13H2,1H3/t15-,16?,17?,18-,19?,20+,21-,22+,23+/m1/s1. The van der Waals surface area contributed by atoms with Gasteiger partial charge in [0.2, 0.25) is 6.29 Å². The first-order chi connectivity index (χ1) is 19.3. The summed E-state index contributed by atoms with van der Waals surface area (Å²) in [6.07, 6.45) is -10.6. The van der Waals surface area contributed by atoms with Gasteiger partial charge in [0.05, 0.1) is 45.7 Å². The van der Waals surface area contributed by atoms with Crippen LogP contribution in [-0.4, -0.2) is 158 Å². The molecule has 2 rings (SSSR count). The predicted molar refractivity (Wildman–Crippen MR) is 135 cm³/mol. The van der Waals surface area contributed by atoms with E-state index in [-0.39, 0.29) is 32.1 Å². The summed E-state index contributed by atoms with van der Waals surface area (Å²) < 4.78 is 38.0. The van der Waals surface area contributed by atoms with Gasteiger partial charge in [-0.2, -0.15) is 0 Å². The number of ether oxygens (including phenoxy) is 7. The molecule has 0 bridgehead atoms. The lowest BCUT2D eigenvalue weighted by molar-refractivity contribution is -0.297. The number of aliphatic hydroxyl groups excluding tert-OH is 6. The van der Waals surface area contributed by atoms with Crippen LogP contribution in [0.2, 0.25) is 0 Å². The van der Waals surface area contributed by atoms with Crippen molar-refractivity contribution in [1.29, 1.82) is 0 Å². The highest BCUT2D eigenvalue weighted by Crippen LogP contribution is 2.31. The zero-order valence-corrected chi connectivity index (χ0v) is 22.5. The Balaban J connectivity index is 1.73. The number of fused-ring (bicyclic) bond motifs is 1. The highest BCUT2D eigenvalue weighted by atomic mass is 16.7. The molecule has 0 radical (unpaired) electrons. The Morgan fingerprint density at radius 1 is 1.02 bits per heavy atom. The minimum atomic E-state index is -1.96. The zero-order chi connectivity index (χ0) is 29.3. The molecule has 232 valence electrons. The van der Waals surface area contributed by atoms with Crippen molar-refractivity contribution in [3.8, 4) is 0 Å². The summed E-state index contributed by atoms with van der Waals surface area (Å²) in [6.45, 7) is 2.81. The summed E-state index contributed by atoms with van der Waals surface area (Å²) in [4.78, 5) is 6.75. The molecule has 17 heteroatoms. The first-order valence-electron chi connectivity index (χ1n) is 13.2. The zero-order valence-electron chi connectivity index (χ0n) is 22.5. The van der Waals surface area contributed by atoms with E-state index in [9.17, 15) is 30.6 Å². The minimum absolute atomic E-state index is 0.0552. The van der Waals surface area contributed by atoms with Gasteiger partial charge in [0.25, 0.3) is 0 Å². The monoisotopic (exact) mass is 582 g/mol. The topological polar surface area (TPSA) is 247 Å². The van der Waals surface area contributed by atoms with Crippen LogP contribution in [0, 0.1) is 0 Å². The molecule has 6 N–H and O–H groups in total. The summed E-state index contributed by atoms with van der Waals surface area (Å²) in [5.41, 5.74) is 8.16. The van der Waals surface area contributed by atoms with Crippen molar-refractivity contribution in [2.75, 3.05) is 66.0 Å². The summed E-state index contributed by atoms with van der Waals surface area (Å²) in [6, 6.07) is -0.851. The highest BCUT2D eigenvalue weighted by Gasteiger charge is 2.51. The van der Waals surface area contributed by atoms with Crippen molar-refractivity contribution < 1.29 is 63.8 Å². The fourth-order valence-electron chi connectivity index (χ4n) is 4.08. The smallest absolute Gasteiger partial charge is 0.227 e. The molecular formula is C23H42N4O13. The predicted octanol–water partition coefficient (Wildman–Crippen LogP) is -2.18. The molecule has 0 aromatic carbocycles. The van der Waals surface area contributed by atoms with Crippen LogP contribution in [0.5, 0.6) is 0 Å². The molecule has 0 aromatic rings. The largest absolute Gasteiger partial charge is 0.450 e. The van der Waals surface area contributed by atoms with Crippen LogP contribution in [0.3, 0.4) is 0 Å². The van der Waals surface area contributed by atoms with Gasteiger partial charge in [0.15, 0.2) is 12.2 Å². The van der Waals surface area contributed by atoms with E-state index in [2.05, 4.69) is 15.0 Å². The van der Waals surface area contributed by atoms with Crippen LogP contribution in [0.4, 0.5) is 0 Å². The van der Waals surface area contributed by atoms with E-state index in [1.165, 1.54) is 0 Å². The van der Waals surface area contributed by atoms with Crippen LogP contribution < -0.4 is 0 Å². The number of hydrogen-bond acceptors (Lipinski definition) is 15. The van der Waals surface area contributed by atoms with Crippen LogP contribution in [-0.2, 0) is 33.2 Å². The lowest BCUT2D eigenvalue weighted by atomic mass is 9.97.